The molecule has 2 amide bonds. The smallest absolute Gasteiger partial charge is 0.394 e. The average molecular weight is 614 g/mol. The van der Waals surface area contributed by atoms with Crippen molar-refractivity contribution in [2.24, 2.45) is 11.8 Å². The van der Waals surface area contributed by atoms with Crippen LogP contribution in [0.1, 0.15) is 87.3 Å². The largest absolute Gasteiger partial charge is 0.496 e. The summed E-state index contributed by atoms with van der Waals surface area (Å²) in [4.78, 5) is 43.5. The van der Waals surface area contributed by atoms with Crippen molar-refractivity contribution in [1.82, 2.24) is 20.1 Å². The van der Waals surface area contributed by atoms with Crippen LogP contribution in [0.4, 0.5) is 5.82 Å². The Hall–Kier alpha value is -4.21. The van der Waals surface area contributed by atoms with Gasteiger partial charge < -0.3 is 15.2 Å². The van der Waals surface area contributed by atoms with Crippen molar-refractivity contribution in [3.8, 4) is 16.9 Å². The Morgan fingerprint density at radius 2 is 1.73 bits per heavy atom. The van der Waals surface area contributed by atoms with E-state index < -0.39 is 11.9 Å². The summed E-state index contributed by atoms with van der Waals surface area (Å²) >= 11 is 0. The van der Waals surface area contributed by atoms with E-state index >= 15 is 0 Å². The van der Waals surface area contributed by atoms with Crippen LogP contribution in [-0.4, -0.2) is 57.4 Å². The lowest BCUT2D eigenvalue weighted by atomic mass is 9.78. The molecule has 2 N–H and O–H groups in total. The SMILES string of the molecule is COc1ccc([C@H]2CC[C@H](CN(c3cc(-c4cnn(C5CC5)c4)ccn3)C(=O)[C@H]3CC[C@H](NC(=O)C(=O)O)CC3)CC2)cc1C. The summed E-state index contributed by atoms with van der Waals surface area (Å²) in [5.41, 5.74) is 4.51. The molecule has 2 heterocycles. The quantitative estimate of drug-likeness (QED) is 0.298. The van der Waals surface area contributed by atoms with E-state index in [9.17, 15) is 14.4 Å². The van der Waals surface area contributed by atoms with Crippen molar-refractivity contribution < 1.29 is 24.2 Å². The lowest BCUT2D eigenvalue weighted by Crippen LogP contribution is -2.45. The van der Waals surface area contributed by atoms with Crippen molar-refractivity contribution in [3.05, 3.63) is 60.0 Å². The minimum Gasteiger partial charge on any atom is -0.496 e. The highest BCUT2D eigenvalue weighted by Gasteiger charge is 2.34. The predicted molar refractivity (Wildman–Crippen MR) is 170 cm³/mol. The second-order valence-corrected chi connectivity index (χ2v) is 13.1. The van der Waals surface area contributed by atoms with Gasteiger partial charge in [-0.2, -0.15) is 5.10 Å². The van der Waals surface area contributed by atoms with E-state index in [1.165, 1.54) is 5.56 Å². The van der Waals surface area contributed by atoms with Crippen molar-refractivity contribution in [2.45, 2.75) is 89.1 Å². The van der Waals surface area contributed by atoms with Gasteiger partial charge in [0.25, 0.3) is 0 Å². The Kier molecular flexibility index (Phi) is 9.19. The molecule has 0 saturated heterocycles. The maximum atomic E-state index is 14.2. The van der Waals surface area contributed by atoms with Crippen molar-refractivity contribution >= 4 is 23.6 Å². The number of aliphatic carboxylic acids is 1. The van der Waals surface area contributed by atoms with Gasteiger partial charge >= 0.3 is 11.9 Å². The van der Waals surface area contributed by atoms with Gasteiger partial charge in [-0.05, 0) is 118 Å². The molecule has 3 aliphatic carbocycles. The highest BCUT2D eigenvalue weighted by molar-refractivity contribution is 6.31. The number of nitrogens with zero attached hydrogens (tertiary/aromatic N) is 4. The molecule has 0 atom stereocenters. The number of amides is 2. The molecule has 10 nitrogen and oxygen atoms in total. The Labute approximate surface area is 264 Å². The second-order valence-electron chi connectivity index (χ2n) is 13.1. The number of aromatic nitrogens is 3. The van der Waals surface area contributed by atoms with E-state index in [0.717, 1.165) is 61.0 Å². The van der Waals surface area contributed by atoms with E-state index in [0.29, 0.717) is 55.9 Å². The van der Waals surface area contributed by atoms with Gasteiger partial charge in [0.05, 0.1) is 19.3 Å². The molecule has 0 spiro atoms. The molecule has 0 unspecified atom stereocenters. The Bertz CT molecular complexity index is 1530. The molecule has 3 aliphatic rings. The van der Waals surface area contributed by atoms with Gasteiger partial charge in [0.15, 0.2) is 0 Å². The van der Waals surface area contributed by atoms with Gasteiger partial charge in [0.2, 0.25) is 5.91 Å². The Morgan fingerprint density at radius 3 is 2.40 bits per heavy atom. The molecule has 3 aromatic rings. The number of carbonyl (C=O) groups is 3. The highest BCUT2D eigenvalue weighted by atomic mass is 16.5. The minimum absolute atomic E-state index is 0.0595. The first-order chi connectivity index (χ1) is 21.8. The monoisotopic (exact) mass is 613 g/mol. The van der Waals surface area contributed by atoms with E-state index in [4.69, 9.17) is 14.8 Å². The van der Waals surface area contributed by atoms with Crippen LogP contribution >= 0.6 is 0 Å². The molecule has 3 saturated carbocycles. The fourth-order valence-electron chi connectivity index (χ4n) is 7.11. The number of rotatable bonds is 9. The fraction of sp³-hybridized carbons (Fsp3) is 0.514. The molecule has 2 aromatic heterocycles. The summed E-state index contributed by atoms with van der Waals surface area (Å²) in [5.74, 6) is -0.188. The van der Waals surface area contributed by atoms with Gasteiger partial charge in [0.1, 0.15) is 11.6 Å². The fourth-order valence-corrected chi connectivity index (χ4v) is 7.11. The van der Waals surface area contributed by atoms with E-state index in [2.05, 4.69) is 41.7 Å². The zero-order valence-electron chi connectivity index (χ0n) is 26.2. The number of hydrogen-bond acceptors (Lipinski definition) is 6. The number of aryl methyl sites for hydroxylation is 1. The lowest BCUT2D eigenvalue weighted by molar-refractivity contribution is -0.150. The van der Waals surface area contributed by atoms with Crippen molar-refractivity contribution in [2.75, 3.05) is 18.6 Å². The highest BCUT2D eigenvalue weighted by Crippen LogP contribution is 2.39. The van der Waals surface area contributed by atoms with Crippen LogP contribution in [0.25, 0.3) is 11.1 Å². The molecular formula is C35H43N5O5. The number of hydrogen-bond donors (Lipinski definition) is 2. The zero-order chi connectivity index (χ0) is 31.5. The number of anilines is 1. The number of methoxy groups -OCH3 is 1. The molecule has 45 heavy (non-hydrogen) atoms. The van der Waals surface area contributed by atoms with Crippen molar-refractivity contribution in [3.63, 3.8) is 0 Å². The third kappa shape index (κ3) is 7.21. The summed E-state index contributed by atoms with van der Waals surface area (Å²) < 4.78 is 7.49. The average Bonchev–Trinajstić information content (AvgIpc) is 3.79. The maximum absolute atomic E-state index is 14.2. The van der Waals surface area contributed by atoms with Crippen LogP contribution < -0.4 is 15.0 Å². The summed E-state index contributed by atoms with van der Waals surface area (Å²) in [6.45, 7) is 2.70. The van der Waals surface area contributed by atoms with Crippen LogP contribution in [0.2, 0.25) is 0 Å². The maximum Gasteiger partial charge on any atom is 0.394 e. The number of nitrogens with one attached hydrogen (secondary N) is 1. The molecule has 3 fully saturated rings. The molecule has 10 heteroatoms. The Morgan fingerprint density at radius 1 is 0.978 bits per heavy atom. The van der Waals surface area contributed by atoms with Crippen LogP contribution in [0, 0.1) is 18.8 Å². The molecule has 6 rings (SSSR count). The summed E-state index contributed by atoms with van der Waals surface area (Å²) in [7, 11) is 1.70. The summed E-state index contributed by atoms with van der Waals surface area (Å²) in [5, 5.41) is 16.1. The zero-order valence-corrected chi connectivity index (χ0v) is 26.2. The number of carboxylic acids is 1. The summed E-state index contributed by atoms with van der Waals surface area (Å²) in [6, 6.07) is 10.7. The summed E-state index contributed by atoms with van der Waals surface area (Å²) in [6.07, 6.45) is 14.6. The molecule has 0 radical (unpaired) electrons. The first-order valence-corrected chi connectivity index (χ1v) is 16.3. The lowest BCUT2D eigenvalue weighted by Gasteiger charge is -2.36. The number of ether oxygens (including phenoxy) is 1. The van der Waals surface area contributed by atoms with Crippen molar-refractivity contribution in [1.29, 1.82) is 0 Å². The predicted octanol–water partition coefficient (Wildman–Crippen LogP) is 5.66. The van der Waals surface area contributed by atoms with E-state index in [1.807, 2.05) is 27.9 Å². The van der Waals surface area contributed by atoms with Gasteiger partial charge in [-0.15, -0.1) is 0 Å². The molecule has 1 aromatic carbocycles. The number of benzene rings is 1. The normalized spacial score (nSPS) is 23.2. The van der Waals surface area contributed by atoms with Gasteiger partial charge in [-0.1, -0.05) is 12.1 Å². The van der Waals surface area contributed by atoms with Gasteiger partial charge in [0, 0.05) is 36.5 Å². The third-order valence-corrected chi connectivity index (χ3v) is 9.93. The molecule has 0 aliphatic heterocycles. The second kappa shape index (κ2) is 13.4. The van der Waals surface area contributed by atoms with Crippen LogP contribution in [0.15, 0.2) is 48.9 Å². The minimum atomic E-state index is -1.48. The van der Waals surface area contributed by atoms with Gasteiger partial charge in [-0.25, -0.2) is 9.78 Å². The standard InChI is InChI=1S/C35H43N5O5/c1-22-17-26(9-14-31(22)45-2)24-5-3-23(4-6-24)20-39(34(42)25-7-10-29(11-8-25)38-33(41)35(43)44)32-18-27(15-16-36-32)28-19-37-40(21-28)30-12-13-30/h9,14-19,21,23-25,29-30H,3-8,10-13,20H2,1-2H3,(H,38,41)(H,43,44)/t23-,24-,25-,29-. The number of pyridine rings is 1. The molecular weight excluding hydrogens is 570 g/mol. The van der Waals surface area contributed by atoms with Crippen LogP contribution in [0.5, 0.6) is 5.75 Å². The number of carboxylic acid groups (broad SMARTS) is 1. The number of carbonyl (C=O) groups excluding carboxylic acids is 2. The van der Waals surface area contributed by atoms with E-state index in [1.54, 1.807) is 13.3 Å². The topological polar surface area (TPSA) is 127 Å². The molecule has 0 bridgehead atoms. The first kappa shape index (κ1) is 30.8. The third-order valence-electron chi connectivity index (χ3n) is 9.93. The molecule has 238 valence electrons. The van der Waals surface area contributed by atoms with E-state index in [-0.39, 0.29) is 17.9 Å². The van der Waals surface area contributed by atoms with Crippen LogP contribution in [-0.2, 0) is 14.4 Å². The van der Waals surface area contributed by atoms with Crippen LogP contribution in [0.3, 0.4) is 0 Å². The van der Waals surface area contributed by atoms with Gasteiger partial charge in [-0.3, -0.25) is 19.2 Å². The first-order valence-electron chi connectivity index (χ1n) is 16.3. The Balaban J connectivity index is 1.17.